The molecule has 1 unspecified atom stereocenters. The first-order chi connectivity index (χ1) is 5.19. The summed E-state index contributed by atoms with van der Waals surface area (Å²) in [5.41, 5.74) is 0. The molecule has 1 fully saturated rings. The maximum Gasteiger partial charge on any atom is 0.322 e. The molecule has 0 saturated carbocycles. The Morgan fingerprint density at radius 1 is 1.67 bits per heavy atom. The highest BCUT2D eigenvalue weighted by Crippen LogP contribution is 2.27. The Balaban J connectivity index is 0.00000121. The first-order valence-corrected chi connectivity index (χ1v) is 4.61. The molecule has 5 heteroatoms. The van der Waals surface area contributed by atoms with Crippen molar-refractivity contribution in [2.24, 2.45) is 0 Å². The molecule has 12 heavy (non-hydrogen) atoms. The van der Waals surface area contributed by atoms with Crippen LogP contribution in [-0.4, -0.2) is 36.7 Å². The summed E-state index contributed by atoms with van der Waals surface area (Å²) < 4.78 is 4.32. The second-order valence-corrected chi connectivity index (χ2v) is 4.35. The van der Waals surface area contributed by atoms with E-state index in [0.29, 0.717) is 6.54 Å². The topological polar surface area (TPSA) is 38.3 Å². The van der Waals surface area contributed by atoms with Gasteiger partial charge in [0.25, 0.3) is 0 Å². The van der Waals surface area contributed by atoms with E-state index in [1.54, 1.807) is 11.8 Å². The SMILES string of the molecule is COC(=O)C1(C)CNCCS1.Cl. The van der Waals surface area contributed by atoms with Gasteiger partial charge >= 0.3 is 5.97 Å². The highest BCUT2D eigenvalue weighted by atomic mass is 35.5. The quantitative estimate of drug-likeness (QED) is 0.648. The predicted molar refractivity (Wildman–Crippen MR) is 53.0 cm³/mol. The summed E-state index contributed by atoms with van der Waals surface area (Å²) in [5.74, 6) is 0.848. The van der Waals surface area contributed by atoms with Crippen LogP contribution in [0.4, 0.5) is 0 Å². The fourth-order valence-corrected chi connectivity index (χ4v) is 2.18. The molecule has 0 aromatic carbocycles. The maximum absolute atomic E-state index is 11.2. The number of esters is 1. The van der Waals surface area contributed by atoms with E-state index in [1.807, 2.05) is 6.92 Å². The van der Waals surface area contributed by atoms with Crippen molar-refractivity contribution >= 4 is 30.1 Å². The number of thioether (sulfide) groups is 1. The lowest BCUT2D eigenvalue weighted by Crippen LogP contribution is -2.47. The summed E-state index contributed by atoms with van der Waals surface area (Å²) >= 11 is 1.66. The average molecular weight is 212 g/mol. The van der Waals surface area contributed by atoms with Gasteiger partial charge in [-0.2, -0.15) is 0 Å². The number of hydrogen-bond acceptors (Lipinski definition) is 4. The fraction of sp³-hybridized carbons (Fsp3) is 0.857. The molecule has 0 radical (unpaired) electrons. The van der Waals surface area contributed by atoms with Crippen LogP contribution >= 0.6 is 24.2 Å². The second-order valence-electron chi connectivity index (χ2n) is 2.75. The zero-order valence-electron chi connectivity index (χ0n) is 7.25. The monoisotopic (exact) mass is 211 g/mol. The second kappa shape index (κ2) is 4.94. The zero-order chi connectivity index (χ0) is 8.32. The summed E-state index contributed by atoms with van der Waals surface area (Å²) in [6, 6.07) is 0. The van der Waals surface area contributed by atoms with E-state index in [9.17, 15) is 4.79 Å². The van der Waals surface area contributed by atoms with Crippen molar-refractivity contribution in [3.8, 4) is 0 Å². The maximum atomic E-state index is 11.2. The predicted octanol–water partition coefficient (Wildman–Crippen LogP) is 0.676. The summed E-state index contributed by atoms with van der Waals surface area (Å²) in [6.07, 6.45) is 0. The van der Waals surface area contributed by atoms with Gasteiger partial charge in [-0.25, -0.2) is 0 Å². The van der Waals surface area contributed by atoms with Crippen LogP contribution in [0.1, 0.15) is 6.92 Å². The minimum atomic E-state index is -0.368. The van der Waals surface area contributed by atoms with Crippen molar-refractivity contribution in [3.05, 3.63) is 0 Å². The normalized spacial score (nSPS) is 28.8. The Morgan fingerprint density at radius 2 is 2.33 bits per heavy atom. The molecule has 1 saturated heterocycles. The van der Waals surface area contributed by atoms with Crippen LogP contribution in [-0.2, 0) is 9.53 Å². The Bertz CT molecular complexity index is 159. The van der Waals surface area contributed by atoms with Gasteiger partial charge in [-0.3, -0.25) is 4.79 Å². The third-order valence-electron chi connectivity index (χ3n) is 1.78. The molecule has 1 N–H and O–H groups in total. The van der Waals surface area contributed by atoms with E-state index in [1.165, 1.54) is 7.11 Å². The van der Waals surface area contributed by atoms with E-state index >= 15 is 0 Å². The molecule has 0 spiro atoms. The first kappa shape index (κ1) is 12.1. The minimum absolute atomic E-state index is 0. The molecule has 1 heterocycles. The summed E-state index contributed by atoms with van der Waals surface area (Å²) in [5, 5.41) is 3.17. The molecule has 0 aromatic heterocycles. The molecule has 0 bridgehead atoms. The van der Waals surface area contributed by atoms with E-state index in [0.717, 1.165) is 12.3 Å². The van der Waals surface area contributed by atoms with E-state index in [2.05, 4.69) is 5.32 Å². The Kier molecular flexibility index (Phi) is 4.97. The molecule has 1 aliphatic heterocycles. The van der Waals surface area contributed by atoms with Gasteiger partial charge in [-0.15, -0.1) is 24.2 Å². The molecule has 1 aliphatic rings. The van der Waals surface area contributed by atoms with Gasteiger partial charge in [-0.1, -0.05) is 0 Å². The molecule has 72 valence electrons. The molecule has 1 atom stereocenters. The number of methoxy groups -OCH3 is 1. The van der Waals surface area contributed by atoms with Crippen LogP contribution in [0.25, 0.3) is 0 Å². The van der Waals surface area contributed by atoms with Crippen molar-refractivity contribution in [2.75, 3.05) is 26.0 Å². The zero-order valence-corrected chi connectivity index (χ0v) is 8.89. The lowest BCUT2D eigenvalue weighted by Gasteiger charge is -2.30. The van der Waals surface area contributed by atoms with Crippen LogP contribution in [0.3, 0.4) is 0 Å². The van der Waals surface area contributed by atoms with Gasteiger partial charge in [0.1, 0.15) is 4.75 Å². The number of ether oxygens (including phenoxy) is 1. The van der Waals surface area contributed by atoms with E-state index < -0.39 is 0 Å². The number of nitrogens with one attached hydrogen (secondary N) is 1. The number of carbonyl (C=O) groups is 1. The minimum Gasteiger partial charge on any atom is -0.468 e. The van der Waals surface area contributed by atoms with Gasteiger partial charge in [0.05, 0.1) is 7.11 Å². The van der Waals surface area contributed by atoms with Gasteiger partial charge in [0.15, 0.2) is 0 Å². The van der Waals surface area contributed by atoms with Crippen molar-refractivity contribution in [2.45, 2.75) is 11.7 Å². The van der Waals surface area contributed by atoms with Gasteiger partial charge in [-0.05, 0) is 6.92 Å². The van der Waals surface area contributed by atoms with E-state index in [4.69, 9.17) is 4.74 Å². The molecule has 0 amide bonds. The number of halogens is 1. The van der Waals surface area contributed by atoms with Crippen LogP contribution in [0, 0.1) is 0 Å². The molecular formula is C7H14ClNO2S. The highest BCUT2D eigenvalue weighted by Gasteiger charge is 2.36. The van der Waals surface area contributed by atoms with Gasteiger partial charge < -0.3 is 10.1 Å². The van der Waals surface area contributed by atoms with Crippen LogP contribution in [0.15, 0.2) is 0 Å². The average Bonchev–Trinajstić information content (AvgIpc) is 2.04. The third-order valence-corrected chi connectivity index (χ3v) is 3.14. The fourth-order valence-electron chi connectivity index (χ4n) is 1.07. The molecular weight excluding hydrogens is 198 g/mol. The van der Waals surface area contributed by atoms with Crippen molar-refractivity contribution in [3.63, 3.8) is 0 Å². The van der Waals surface area contributed by atoms with Crippen LogP contribution in [0.2, 0.25) is 0 Å². The van der Waals surface area contributed by atoms with Crippen LogP contribution in [0.5, 0.6) is 0 Å². The molecule has 3 nitrogen and oxygen atoms in total. The summed E-state index contributed by atoms with van der Waals surface area (Å²) in [7, 11) is 1.43. The van der Waals surface area contributed by atoms with Crippen molar-refractivity contribution < 1.29 is 9.53 Å². The summed E-state index contributed by atoms with van der Waals surface area (Å²) in [6.45, 7) is 3.61. The number of rotatable bonds is 1. The van der Waals surface area contributed by atoms with Gasteiger partial charge in [0.2, 0.25) is 0 Å². The Morgan fingerprint density at radius 3 is 2.75 bits per heavy atom. The lowest BCUT2D eigenvalue weighted by molar-refractivity contribution is -0.143. The lowest BCUT2D eigenvalue weighted by atomic mass is 10.1. The smallest absolute Gasteiger partial charge is 0.322 e. The third kappa shape index (κ3) is 2.54. The first-order valence-electron chi connectivity index (χ1n) is 3.62. The van der Waals surface area contributed by atoms with E-state index in [-0.39, 0.29) is 23.1 Å². The number of hydrogen-bond donors (Lipinski definition) is 1. The molecule has 1 rings (SSSR count). The van der Waals surface area contributed by atoms with Crippen molar-refractivity contribution in [1.82, 2.24) is 5.32 Å². The van der Waals surface area contributed by atoms with Gasteiger partial charge in [0, 0.05) is 18.8 Å². The summed E-state index contributed by atoms with van der Waals surface area (Å²) in [4.78, 5) is 11.2. The van der Waals surface area contributed by atoms with Crippen LogP contribution < -0.4 is 5.32 Å². The standard InChI is InChI=1S/C7H13NO2S.ClH/c1-7(6(9)10-2)5-8-3-4-11-7;/h8H,3-5H2,1-2H3;1H. The Hall–Kier alpha value is 0.0700. The molecule has 0 aliphatic carbocycles. The highest BCUT2D eigenvalue weighted by molar-refractivity contribution is 8.01. The Labute approximate surface area is 83.0 Å². The number of carbonyl (C=O) groups excluding carboxylic acids is 1. The molecule has 0 aromatic rings. The largest absolute Gasteiger partial charge is 0.468 e. The van der Waals surface area contributed by atoms with Crippen molar-refractivity contribution in [1.29, 1.82) is 0 Å².